The van der Waals surface area contributed by atoms with Gasteiger partial charge in [0.2, 0.25) is 10.0 Å². The number of hydrogen-bond donors (Lipinski definition) is 1. The van der Waals surface area contributed by atoms with E-state index >= 15 is 0 Å². The lowest BCUT2D eigenvalue weighted by Crippen LogP contribution is -2.45. The minimum atomic E-state index is -3.23. The summed E-state index contributed by atoms with van der Waals surface area (Å²) >= 11 is 0. The topological polar surface area (TPSA) is 90.8 Å². The fourth-order valence-corrected chi connectivity index (χ4v) is 9.10. The van der Waals surface area contributed by atoms with Crippen LogP contribution < -0.4 is 10.2 Å². The fourth-order valence-electron chi connectivity index (χ4n) is 7.64. The molecule has 1 N–H and O–H groups in total. The number of nitrogens with one attached hydrogen (secondary N) is 1. The molecule has 6 rings (SSSR count). The fraction of sp³-hybridized carbons (Fsp3) is 0.529. The maximum Gasteiger partial charge on any atom is 0.326 e. The molecule has 2 bridgehead atoms. The Morgan fingerprint density at radius 2 is 1.70 bits per heavy atom. The van der Waals surface area contributed by atoms with E-state index in [-0.39, 0.29) is 11.8 Å². The molecule has 10 heteroatoms. The van der Waals surface area contributed by atoms with E-state index in [1.54, 1.807) is 4.31 Å². The predicted molar refractivity (Wildman–Crippen MR) is 176 cm³/mol. The zero-order chi connectivity index (χ0) is 30.8. The Bertz CT molecular complexity index is 1540. The number of urea groups is 1. The minimum Gasteiger partial charge on any atom is -0.329 e. The molecule has 2 atom stereocenters. The van der Waals surface area contributed by atoms with Gasteiger partial charge in [0.15, 0.2) is 0 Å². The molecule has 0 spiro atoms. The number of benzene rings is 2. The summed E-state index contributed by atoms with van der Waals surface area (Å²) in [5, 5.41) is 3.08. The second kappa shape index (κ2) is 13.0. The zero-order valence-electron chi connectivity index (χ0n) is 26.3. The van der Waals surface area contributed by atoms with Crippen molar-refractivity contribution < 1.29 is 13.2 Å². The first-order valence-corrected chi connectivity index (χ1v) is 17.8. The van der Waals surface area contributed by atoms with Crippen molar-refractivity contribution in [3.05, 3.63) is 77.4 Å². The quantitative estimate of drug-likeness (QED) is 0.306. The van der Waals surface area contributed by atoms with Crippen LogP contribution in [0.25, 0.3) is 0 Å². The van der Waals surface area contributed by atoms with Crippen LogP contribution in [0.15, 0.2) is 54.6 Å². The van der Waals surface area contributed by atoms with Gasteiger partial charge in [-0.3, -0.25) is 9.80 Å². The zero-order valence-corrected chi connectivity index (χ0v) is 27.1. The highest BCUT2D eigenvalue weighted by Crippen LogP contribution is 2.42. The number of nitrogens with zero attached hydrogens (tertiary/aromatic N) is 5. The van der Waals surface area contributed by atoms with Crippen LogP contribution in [-0.4, -0.2) is 70.7 Å². The highest BCUT2D eigenvalue weighted by molar-refractivity contribution is 7.89. The molecule has 2 saturated heterocycles. The van der Waals surface area contributed by atoms with Gasteiger partial charge in [-0.05, 0) is 76.6 Å². The molecule has 236 valence electrons. The number of fused-ring (bicyclic) bond motifs is 3. The number of aryl methyl sites for hydroxylation is 2. The molecule has 2 aromatic carbocycles. The normalized spacial score (nSPS) is 22.1. The number of sulfonamides is 1. The van der Waals surface area contributed by atoms with Crippen molar-refractivity contribution in [1.82, 2.24) is 18.8 Å². The van der Waals surface area contributed by atoms with Gasteiger partial charge >= 0.3 is 6.03 Å². The van der Waals surface area contributed by atoms with Crippen molar-refractivity contribution >= 4 is 27.4 Å². The first-order chi connectivity index (χ1) is 21.2. The number of imidazole rings is 1. The van der Waals surface area contributed by atoms with Crippen LogP contribution >= 0.6 is 0 Å². The van der Waals surface area contributed by atoms with Gasteiger partial charge in [-0.15, -0.1) is 0 Å². The highest BCUT2D eigenvalue weighted by atomic mass is 32.2. The average Bonchev–Trinajstić information content (AvgIpc) is 3.46. The molecule has 3 aromatic rings. The summed E-state index contributed by atoms with van der Waals surface area (Å²) in [4.78, 5) is 22.8. The molecule has 44 heavy (non-hydrogen) atoms. The summed E-state index contributed by atoms with van der Waals surface area (Å²) in [6.07, 6.45) is 6.85. The smallest absolute Gasteiger partial charge is 0.326 e. The summed E-state index contributed by atoms with van der Waals surface area (Å²) in [7, 11) is -3.23. The Balaban J connectivity index is 1.09. The number of rotatable bonds is 10. The summed E-state index contributed by atoms with van der Waals surface area (Å²) in [6, 6.07) is 19.2. The minimum absolute atomic E-state index is 0.108. The second-order valence-electron chi connectivity index (χ2n) is 12.7. The van der Waals surface area contributed by atoms with Gasteiger partial charge in [0.05, 0.1) is 18.0 Å². The van der Waals surface area contributed by atoms with Gasteiger partial charge in [0, 0.05) is 61.2 Å². The summed E-state index contributed by atoms with van der Waals surface area (Å²) < 4.78 is 29.5. The van der Waals surface area contributed by atoms with Crippen LogP contribution in [0.3, 0.4) is 0 Å². The van der Waals surface area contributed by atoms with Gasteiger partial charge in [0.25, 0.3) is 0 Å². The Morgan fingerprint density at radius 1 is 1.00 bits per heavy atom. The largest absolute Gasteiger partial charge is 0.329 e. The summed E-state index contributed by atoms with van der Waals surface area (Å²) in [5.74, 6) is 1.21. The van der Waals surface area contributed by atoms with E-state index in [2.05, 4.69) is 21.7 Å². The van der Waals surface area contributed by atoms with E-state index in [4.69, 9.17) is 4.98 Å². The van der Waals surface area contributed by atoms with Crippen LogP contribution in [0.5, 0.6) is 0 Å². The number of carbonyl (C=O) groups is 1. The molecule has 1 aromatic heterocycles. The highest BCUT2D eigenvalue weighted by Gasteiger charge is 2.42. The third-order valence-electron chi connectivity index (χ3n) is 9.69. The maximum atomic E-state index is 13.4. The number of piperidine rings is 1. The van der Waals surface area contributed by atoms with Crippen molar-refractivity contribution in [2.24, 2.45) is 0 Å². The van der Waals surface area contributed by atoms with E-state index in [1.165, 1.54) is 18.5 Å². The lowest BCUT2D eigenvalue weighted by molar-refractivity contribution is 0.104. The second-order valence-corrected chi connectivity index (χ2v) is 14.8. The van der Waals surface area contributed by atoms with Gasteiger partial charge in [-0.25, -0.2) is 18.2 Å². The van der Waals surface area contributed by atoms with Crippen LogP contribution in [0.1, 0.15) is 74.3 Å². The monoisotopic (exact) mass is 618 g/mol. The lowest BCUT2D eigenvalue weighted by Gasteiger charge is -2.41. The molecule has 4 heterocycles. The number of para-hydroxylation sites is 1. The predicted octanol–water partition coefficient (Wildman–Crippen LogP) is 5.89. The van der Waals surface area contributed by atoms with Crippen LogP contribution in [0.2, 0.25) is 0 Å². The van der Waals surface area contributed by atoms with Crippen molar-refractivity contribution in [2.75, 3.05) is 35.6 Å². The van der Waals surface area contributed by atoms with Gasteiger partial charge in [-0.1, -0.05) is 42.8 Å². The third-order valence-corrected chi connectivity index (χ3v) is 11.7. The number of aromatic nitrogens is 2. The van der Waals surface area contributed by atoms with E-state index in [0.717, 1.165) is 60.7 Å². The number of anilines is 2. The summed E-state index contributed by atoms with van der Waals surface area (Å²) in [5.41, 5.74) is 5.04. The Kier molecular flexibility index (Phi) is 9.12. The van der Waals surface area contributed by atoms with Crippen molar-refractivity contribution in [3.8, 4) is 0 Å². The molecule has 0 saturated carbocycles. The molecular weight excluding hydrogens is 572 g/mol. The molecule has 0 radical (unpaired) electrons. The number of amides is 2. The number of hydrogen-bond acceptors (Lipinski definition) is 5. The van der Waals surface area contributed by atoms with Gasteiger partial charge in [0.1, 0.15) is 5.82 Å². The van der Waals surface area contributed by atoms with Crippen LogP contribution in [0.4, 0.5) is 16.2 Å². The van der Waals surface area contributed by atoms with Crippen molar-refractivity contribution in [3.63, 3.8) is 0 Å². The molecule has 3 aliphatic heterocycles. The van der Waals surface area contributed by atoms with E-state index in [1.807, 2.05) is 73.3 Å². The molecule has 0 aliphatic carbocycles. The lowest BCUT2D eigenvalue weighted by atomic mass is 9.96. The number of carbonyl (C=O) groups excluding carboxylic acids is 1. The van der Waals surface area contributed by atoms with Crippen LogP contribution in [-0.2, 0) is 23.0 Å². The average molecular weight is 619 g/mol. The van der Waals surface area contributed by atoms with E-state index in [9.17, 15) is 13.2 Å². The Morgan fingerprint density at radius 3 is 2.39 bits per heavy atom. The summed E-state index contributed by atoms with van der Waals surface area (Å²) in [6.45, 7) is 8.58. The van der Waals surface area contributed by atoms with Crippen LogP contribution in [0, 0.1) is 13.8 Å². The SMILES string of the molecule is CCCS(=O)(=O)N1CCc2c(nc(C)n2C2CC3CCC(C2)N3CCCN(C(=O)Nc2ccc(C)cc2)c2ccccc2)C1. The van der Waals surface area contributed by atoms with Gasteiger partial charge < -0.3 is 9.88 Å². The maximum absolute atomic E-state index is 13.4. The first kappa shape index (κ1) is 30.8. The molecular formula is C34H46N6O3S. The Hall–Kier alpha value is -3.21. The van der Waals surface area contributed by atoms with E-state index < -0.39 is 10.0 Å². The van der Waals surface area contributed by atoms with E-state index in [0.29, 0.717) is 44.2 Å². The van der Waals surface area contributed by atoms with Gasteiger partial charge in [-0.2, -0.15) is 4.31 Å². The molecule has 2 amide bonds. The third kappa shape index (κ3) is 6.43. The van der Waals surface area contributed by atoms with Crippen molar-refractivity contribution in [1.29, 1.82) is 0 Å². The molecule has 3 aliphatic rings. The standard InChI is InChI=1S/C34H46N6O3S/c1-4-21-44(42,43)37-20-17-33-32(24-37)35-26(3)40(33)31-22-29-15-16-30(23-31)38(29)18-8-19-39(28-9-6-5-7-10-28)34(41)36-27-13-11-25(2)12-14-27/h5-7,9-14,29-31H,4,8,15-24H2,1-3H3,(H,36,41). The molecule has 2 unspecified atom stereocenters. The first-order valence-electron chi connectivity index (χ1n) is 16.2. The molecule has 2 fully saturated rings. The molecule has 9 nitrogen and oxygen atoms in total. The van der Waals surface area contributed by atoms with Crippen molar-refractivity contribution in [2.45, 2.75) is 90.4 Å². The Labute approximate surface area is 262 Å².